The van der Waals surface area contributed by atoms with Crippen molar-refractivity contribution in [3.8, 4) is 0 Å². The first kappa shape index (κ1) is 13.1. The van der Waals surface area contributed by atoms with Crippen LogP contribution in [0, 0.1) is 16.0 Å². The zero-order chi connectivity index (χ0) is 13.0. The van der Waals surface area contributed by atoms with Crippen molar-refractivity contribution in [2.75, 3.05) is 26.2 Å². The highest BCUT2D eigenvalue weighted by Crippen LogP contribution is 2.20. The predicted molar refractivity (Wildman–Crippen MR) is 63.3 cm³/mol. The maximum absolute atomic E-state index is 12.2. The molecular weight excluding hydrogens is 238 g/mol. The number of carbonyl (C=O) groups excluding carboxylic acids is 1. The van der Waals surface area contributed by atoms with Crippen LogP contribution in [0.15, 0.2) is 0 Å². The minimum absolute atomic E-state index is 0.124. The topological polar surface area (TPSA) is 84.7 Å². The van der Waals surface area contributed by atoms with Crippen molar-refractivity contribution < 1.29 is 14.7 Å². The van der Waals surface area contributed by atoms with Crippen molar-refractivity contribution >= 4 is 5.91 Å². The van der Waals surface area contributed by atoms with Gasteiger partial charge in [-0.05, 0) is 38.8 Å². The van der Waals surface area contributed by atoms with Gasteiger partial charge < -0.3 is 15.1 Å². The summed E-state index contributed by atoms with van der Waals surface area (Å²) in [5.41, 5.74) is 0. The van der Waals surface area contributed by atoms with Gasteiger partial charge in [0.1, 0.15) is 6.10 Å². The summed E-state index contributed by atoms with van der Waals surface area (Å²) in [6, 6.07) is 0. The van der Waals surface area contributed by atoms with Gasteiger partial charge in [-0.15, -0.1) is 10.1 Å². The van der Waals surface area contributed by atoms with Crippen LogP contribution in [-0.4, -0.2) is 48.2 Å². The number of hydrogen-bond acceptors (Lipinski definition) is 5. The molecule has 18 heavy (non-hydrogen) atoms. The van der Waals surface area contributed by atoms with Crippen LogP contribution in [0.2, 0.25) is 0 Å². The molecule has 7 heteroatoms. The Balaban J connectivity index is 1.78. The Labute approximate surface area is 106 Å². The molecule has 0 atom stereocenters. The Morgan fingerprint density at radius 3 is 2.39 bits per heavy atom. The van der Waals surface area contributed by atoms with Crippen molar-refractivity contribution in [3.63, 3.8) is 0 Å². The number of nitrogens with zero attached hydrogens (tertiary/aromatic N) is 2. The molecule has 0 aromatic rings. The molecule has 0 bridgehead atoms. The second-order valence-corrected chi connectivity index (χ2v) is 4.88. The molecule has 2 rings (SSSR count). The molecule has 0 saturated carbocycles. The molecule has 0 spiro atoms. The first-order valence-corrected chi connectivity index (χ1v) is 6.47. The van der Waals surface area contributed by atoms with Crippen LogP contribution in [0.1, 0.15) is 25.7 Å². The van der Waals surface area contributed by atoms with Gasteiger partial charge in [0, 0.05) is 19.0 Å². The van der Waals surface area contributed by atoms with E-state index in [9.17, 15) is 14.9 Å². The third-order valence-electron chi connectivity index (χ3n) is 3.68. The number of likely N-dealkylation sites (tertiary alicyclic amines) is 1. The van der Waals surface area contributed by atoms with Crippen molar-refractivity contribution in [3.05, 3.63) is 10.1 Å². The molecule has 0 unspecified atom stereocenters. The molecule has 7 nitrogen and oxygen atoms in total. The number of carbonyl (C=O) groups is 1. The van der Waals surface area contributed by atoms with Gasteiger partial charge in [-0.1, -0.05) is 0 Å². The smallest absolute Gasteiger partial charge is 0.294 e. The average Bonchev–Trinajstić information content (AvgIpc) is 2.39. The molecule has 2 aliphatic rings. The molecule has 1 N–H and O–H groups in total. The minimum Gasteiger partial charge on any atom is -0.342 e. The van der Waals surface area contributed by atoms with E-state index in [0.29, 0.717) is 25.9 Å². The van der Waals surface area contributed by atoms with Crippen molar-refractivity contribution in [1.29, 1.82) is 0 Å². The van der Waals surface area contributed by atoms with Crippen LogP contribution in [0.3, 0.4) is 0 Å². The Morgan fingerprint density at radius 1 is 1.22 bits per heavy atom. The van der Waals surface area contributed by atoms with Crippen LogP contribution in [-0.2, 0) is 9.63 Å². The molecule has 0 aromatic heterocycles. The Hall–Kier alpha value is -1.37. The highest BCUT2D eigenvalue weighted by molar-refractivity contribution is 5.79. The Morgan fingerprint density at radius 2 is 1.83 bits per heavy atom. The molecule has 2 fully saturated rings. The molecule has 1 amide bonds. The SMILES string of the molecule is O=C(C1CCNCC1)N1CCC(O[N+](=O)[O-])CC1. The maximum Gasteiger partial charge on any atom is 0.294 e. The quantitative estimate of drug-likeness (QED) is 0.576. The number of rotatable bonds is 3. The number of hydrogen-bond donors (Lipinski definition) is 1. The third kappa shape index (κ3) is 3.32. The molecule has 0 aromatic carbocycles. The van der Waals surface area contributed by atoms with E-state index in [1.807, 2.05) is 4.90 Å². The highest BCUT2D eigenvalue weighted by Gasteiger charge is 2.29. The van der Waals surface area contributed by atoms with Crippen LogP contribution in [0.25, 0.3) is 0 Å². The average molecular weight is 257 g/mol. The molecule has 2 heterocycles. The van der Waals surface area contributed by atoms with Crippen LogP contribution >= 0.6 is 0 Å². The van der Waals surface area contributed by atoms with E-state index in [1.54, 1.807) is 0 Å². The van der Waals surface area contributed by atoms with E-state index in [0.717, 1.165) is 25.9 Å². The summed E-state index contributed by atoms with van der Waals surface area (Å²) >= 11 is 0. The summed E-state index contributed by atoms with van der Waals surface area (Å²) in [6.07, 6.45) is 2.54. The number of piperidine rings is 2. The summed E-state index contributed by atoms with van der Waals surface area (Å²) in [4.78, 5) is 28.8. The van der Waals surface area contributed by atoms with Crippen molar-refractivity contribution in [1.82, 2.24) is 10.2 Å². The van der Waals surface area contributed by atoms with E-state index < -0.39 is 5.09 Å². The second-order valence-electron chi connectivity index (χ2n) is 4.88. The normalized spacial score (nSPS) is 22.8. The van der Waals surface area contributed by atoms with Crippen LogP contribution in [0.4, 0.5) is 0 Å². The minimum atomic E-state index is -0.741. The summed E-state index contributed by atoms with van der Waals surface area (Å²) in [5, 5.41) is 12.7. The van der Waals surface area contributed by atoms with E-state index in [2.05, 4.69) is 10.2 Å². The van der Waals surface area contributed by atoms with Crippen LogP contribution < -0.4 is 5.32 Å². The monoisotopic (exact) mass is 257 g/mol. The molecule has 0 radical (unpaired) electrons. The van der Waals surface area contributed by atoms with Gasteiger partial charge in [0.15, 0.2) is 0 Å². The van der Waals surface area contributed by atoms with Gasteiger partial charge in [0.25, 0.3) is 5.09 Å². The predicted octanol–water partition coefficient (Wildman–Crippen LogP) is 0.185. The van der Waals surface area contributed by atoms with E-state index in [1.165, 1.54) is 0 Å². The fourth-order valence-corrected chi connectivity index (χ4v) is 2.63. The van der Waals surface area contributed by atoms with E-state index >= 15 is 0 Å². The van der Waals surface area contributed by atoms with Gasteiger partial charge in [0.05, 0.1) is 0 Å². The lowest BCUT2D eigenvalue weighted by Crippen LogP contribution is -2.46. The van der Waals surface area contributed by atoms with Gasteiger partial charge in [-0.3, -0.25) is 4.79 Å². The molecular formula is C11H19N3O4. The Kier molecular flexibility index (Phi) is 4.35. The summed E-state index contributed by atoms with van der Waals surface area (Å²) in [7, 11) is 0. The van der Waals surface area contributed by atoms with Crippen molar-refractivity contribution in [2.45, 2.75) is 31.8 Å². The standard InChI is InChI=1S/C11H19N3O4/c15-11(9-1-5-12-6-2-9)13-7-3-10(4-8-13)18-14(16)17/h9-10,12H,1-8H2. The molecule has 102 valence electrons. The summed E-state index contributed by atoms with van der Waals surface area (Å²) < 4.78 is 0. The lowest BCUT2D eigenvalue weighted by atomic mass is 9.95. The number of nitrogens with one attached hydrogen (secondary N) is 1. The first-order chi connectivity index (χ1) is 8.66. The van der Waals surface area contributed by atoms with Gasteiger partial charge >= 0.3 is 0 Å². The van der Waals surface area contributed by atoms with Gasteiger partial charge in [-0.25, -0.2) is 0 Å². The number of amides is 1. The maximum atomic E-state index is 12.2. The largest absolute Gasteiger partial charge is 0.342 e. The van der Waals surface area contributed by atoms with Gasteiger partial charge in [-0.2, -0.15) is 0 Å². The highest BCUT2D eigenvalue weighted by atomic mass is 17.0. The van der Waals surface area contributed by atoms with E-state index in [4.69, 9.17) is 0 Å². The second kappa shape index (κ2) is 5.99. The van der Waals surface area contributed by atoms with E-state index in [-0.39, 0.29) is 17.9 Å². The zero-order valence-corrected chi connectivity index (χ0v) is 10.3. The van der Waals surface area contributed by atoms with Crippen molar-refractivity contribution in [2.24, 2.45) is 5.92 Å². The lowest BCUT2D eigenvalue weighted by molar-refractivity contribution is -0.769. The zero-order valence-electron chi connectivity index (χ0n) is 10.3. The summed E-state index contributed by atoms with van der Waals surface area (Å²) in [6.45, 7) is 2.94. The lowest BCUT2D eigenvalue weighted by Gasteiger charge is -2.34. The molecule has 2 aliphatic heterocycles. The third-order valence-corrected chi connectivity index (χ3v) is 3.68. The Bertz CT molecular complexity index is 309. The molecule has 2 saturated heterocycles. The van der Waals surface area contributed by atoms with Crippen LogP contribution in [0.5, 0.6) is 0 Å². The first-order valence-electron chi connectivity index (χ1n) is 6.47. The summed E-state index contributed by atoms with van der Waals surface area (Å²) in [5.74, 6) is 0.329. The molecule has 0 aliphatic carbocycles. The fourth-order valence-electron chi connectivity index (χ4n) is 2.63. The fraction of sp³-hybridized carbons (Fsp3) is 0.909. The van der Waals surface area contributed by atoms with Gasteiger partial charge in [0.2, 0.25) is 5.91 Å².